The quantitative estimate of drug-likeness (QED) is 0.306. The van der Waals surface area contributed by atoms with Crippen molar-refractivity contribution in [3.63, 3.8) is 0 Å². The average molecular weight is 513 g/mol. The first-order valence-corrected chi connectivity index (χ1v) is 13.1. The fourth-order valence-corrected chi connectivity index (χ4v) is 5.36. The smallest absolute Gasteiger partial charge is 0.409 e. The van der Waals surface area contributed by atoms with Crippen molar-refractivity contribution in [1.29, 1.82) is 0 Å². The summed E-state index contributed by atoms with van der Waals surface area (Å²) < 4.78 is 20.3. The first-order valence-electron chi connectivity index (χ1n) is 13.1. The summed E-state index contributed by atoms with van der Waals surface area (Å²) >= 11 is 0. The molecule has 196 valence electrons. The second-order valence-corrected chi connectivity index (χ2v) is 9.70. The van der Waals surface area contributed by atoms with E-state index in [9.17, 15) is 4.79 Å². The molecule has 1 saturated heterocycles. The molecule has 1 atom stereocenters. The van der Waals surface area contributed by atoms with Gasteiger partial charge in [-0.05, 0) is 61.2 Å². The van der Waals surface area contributed by atoms with Crippen LogP contribution < -0.4 is 0 Å². The molecule has 0 saturated carbocycles. The minimum atomic E-state index is -0.252. The first-order chi connectivity index (χ1) is 18.5. The number of piperidine rings is 1. The highest BCUT2D eigenvalue weighted by Gasteiger charge is 2.31. The molecule has 1 N–H and O–H groups in total. The largest absolute Gasteiger partial charge is 0.450 e. The molecule has 0 aliphatic carbocycles. The topological polar surface area (TPSA) is 61.5 Å². The Hall–Kier alpha value is -3.97. The Labute approximate surface area is 223 Å². The van der Waals surface area contributed by atoms with Gasteiger partial charge >= 0.3 is 6.09 Å². The number of benzene rings is 3. The number of amides is 1. The molecule has 4 aromatic rings. The Balaban J connectivity index is 1.41. The Morgan fingerprint density at radius 3 is 2.37 bits per heavy atom. The summed E-state index contributed by atoms with van der Waals surface area (Å²) in [6.07, 6.45) is 5.14. The third kappa shape index (κ3) is 5.48. The minimum absolute atomic E-state index is 0.115. The fraction of sp³-hybridized carbons (Fsp3) is 0.290. The van der Waals surface area contributed by atoms with Gasteiger partial charge in [0.1, 0.15) is 5.82 Å². The lowest BCUT2D eigenvalue weighted by Crippen LogP contribution is -2.46. The number of carbonyl (C=O) groups excluding carboxylic acids is 1. The number of aromatic nitrogens is 2. The third-order valence-electron chi connectivity index (χ3n) is 7.42. The van der Waals surface area contributed by atoms with E-state index in [0.717, 1.165) is 40.7 Å². The van der Waals surface area contributed by atoms with Crippen LogP contribution in [0.1, 0.15) is 36.9 Å². The SMILES string of the molecule is CCOC(=O)N1CCC(N(C)C(c2cn[nH]c2)c2ccc(F)c(-c3ccc(-c4ccccc4)cc3)c2)CC1. The van der Waals surface area contributed by atoms with Gasteiger partial charge in [-0.15, -0.1) is 0 Å². The van der Waals surface area contributed by atoms with E-state index >= 15 is 4.39 Å². The van der Waals surface area contributed by atoms with E-state index in [1.807, 2.05) is 73.9 Å². The van der Waals surface area contributed by atoms with Gasteiger partial charge in [-0.25, -0.2) is 9.18 Å². The van der Waals surface area contributed by atoms with Crippen molar-refractivity contribution in [3.05, 3.63) is 102 Å². The number of hydrogen-bond acceptors (Lipinski definition) is 4. The summed E-state index contributed by atoms with van der Waals surface area (Å²) in [5.41, 5.74) is 5.63. The van der Waals surface area contributed by atoms with Crippen LogP contribution in [0.15, 0.2) is 85.2 Å². The maximum Gasteiger partial charge on any atom is 0.409 e. The van der Waals surface area contributed by atoms with Crippen molar-refractivity contribution in [2.24, 2.45) is 0 Å². The maximum atomic E-state index is 15.1. The highest BCUT2D eigenvalue weighted by Crippen LogP contribution is 2.35. The second-order valence-electron chi connectivity index (χ2n) is 9.70. The normalized spacial score (nSPS) is 15.0. The number of nitrogens with one attached hydrogen (secondary N) is 1. The van der Waals surface area contributed by atoms with Crippen LogP contribution >= 0.6 is 0 Å². The van der Waals surface area contributed by atoms with E-state index in [1.165, 1.54) is 0 Å². The molecule has 1 aromatic heterocycles. The number of ether oxygens (including phenoxy) is 1. The molecule has 2 heterocycles. The van der Waals surface area contributed by atoms with Crippen molar-refractivity contribution in [1.82, 2.24) is 20.0 Å². The van der Waals surface area contributed by atoms with Gasteiger partial charge in [0, 0.05) is 36.5 Å². The van der Waals surface area contributed by atoms with Crippen LogP contribution in [0.25, 0.3) is 22.3 Å². The number of aromatic amines is 1. The predicted molar refractivity (Wildman–Crippen MR) is 147 cm³/mol. The van der Waals surface area contributed by atoms with E-state index in [2.05, 4.69) is 34.3 Å². The van der Waals surface area contributed by atoms with Crippen molar-refractivity contribution in [2.75, 3.05) is 26.7 Å². The Morgan fingerprint density at radius 1 is 1.03 bits per heavy atom. The number of likely N-dealkylation sites (tertiary alicyclic amines) is 1. The highest BCUT2D eigenvalue weighted by molar-refractivity contribution is 5.71. The Bertz CT molecular complexity index is 1330. The zero-order valence-corrected chi connectivity index (χ0v) is 21.8. The molecule has 7 heteroatoms. The third-order valence-corrected chi connectivity index (χ3v) is 7.42. The molecule has 0 radical (unpaired) electrons. The number of H-pyrrole nitrogens is 1. The van der Waals surface area contributed by atoms with Crippen LogP contribution in [0, 0.1) is 5.82 Å². The van der Waals surface area contributed by atoms with Gasteiger partial charge in [0.05, 0.1) is 18.8 Å². The summed E-state index contributed by atoms with van der Waals surface area (Å²) in [5, 5.41) is 7.13. The molecule has 6 nitrogen and oxygen atoms in total. The molecule has 0 bridgehead atoms. The fourth-order valence-electron chi connectivity index (χ4n) is 5.36. The van der Waals surface area contributed by atoms with Crippen LogP contribution in [0.3, 0.4) is 0 Å². The maximum absolute atomic E-state index is 15.1. The van der Waals surface area contributed by atoms with Gasteiger partial charge in [0.15, 0.2) is 0 Å². The van der Waals surface area contributed by atoms with Gasteiger partial charge in [0.2, 0.25) is 0 Å². The van der Waals surface area contributed by atoms with Gasteiger partial charge in [0.25, 0.3) is 0 Å². The molecular weight excluding hydrogens is 479 g/mol. The second kappa shape index (κ2) is 11.6. The van der Waals surface area contributed by atoms with E-state index in [4.69, 9.17) is 4.74 Å². The van der Waals surface area contributed by atoms with Gasteiger partial charge in [-0.3, -0.25) is 10.00 Å². The zero-order chi connectivity index (χ0) is 26.5. The molecule has 38 heavy (non-hydrogen) atoms. The highest BCUT2D eigenvalue weighted by atomic mass is 19.1. The lowest BCUT2D eigenvalue weighted by Gasteiger charge is -2.40. The molecule has 1 aliphatic rings. The van der Waals surface area contributed by atoms with E-state index in [0.29, 0.717) is 25.3 Å². The number of nitrogens with zero attached hydrogens (tertiary/aromatic N) is 3. The lowest BCUT2D eigenvalue weighted by atomic mass is 9.92. The van der Waals surface area contributed by atoms with Crippen molar-refractivity contribution in [2.45, 2.75) is 31.8 Å². The van der Waals surface area contributed by atoms with Crippen molar-refractivity contribution in [3.8, 4) is 22.3 Å². The van der Waals surface area contributed by atoms with Gasteiger partial charge < -0.3 is 9.64 Å². The molecule has 1 fully saturated rings. The molecule has 3 aromatic carbocycles. The van der Waals surface area contributed by atoms with Crippen LogP contribution in [0.2, 0.25) is 0 Å². The summed E-state index contributed by atoms with van der Waals surface area (Å²) in [5.74, 6) is -0.252. The molecule has 5 rings (SSSR count). The monoisotopic (exact) mass is 512 g/mol. The van der Waals surface area contributed by atoms with Crippen LogP contribution in [0.4, 0.5) is 9.18 Å². The summed E-state index contributed by atoms with van der Waals surface area (Å²) in [6.45, 7) is 3.49. The van der Waals surface area contributed by atoms with Crippen LogP contribution in [0.5, 0.6) is 0 Å². The van der Waals surface area contributed by atoms with Crippen LogP contribution in [-0.2, 0) is 4.74 Å². The molecule has 1 amide bonds. The van der Waals surface area contributed by atoms with Crippen molar-refractivity contribution >= 4 is 6.09 Å². The number of carbonyl (C=O) groups is 1. The molecule has 0 spiro atoms. The molecule has 1 unspecified atom stereocenters. The predicted octanol–water partition coefficient (Wildman–Crippen LogP) is 6.52. The molecule has 1 aliphatic heterocycles. The van der Waals surface area contributed by atoms with Gasteiger partial charge in [-0.2, -0.15) is 5.10 Å². The average Bonchev–Trinajstić information content (AvgIpc) is 3.49. The number of halogens is 1. The number of hydrogen-bond donors (Lipinski definition) is 1. The minimum Gasteiger partial charge on any atom is -0.450 e. The van der Waals surface area contributed by atoms with Crippen LogP contribution in [-0.4, -0.2) is 58.9 Å². The van der Waals surface area contributed by atoms with E-state index in [1.54, 1.807) is 11.0 Å². The number of rotatable bonds is 7. The van der Waals surface area contributed by atoms with Gasteiger partial charge in [-0.1, -0.05) is 60.7 Å². The zero-order valence-electron chi connectivity index (χ0n) is 21.8. The molecular formula is C31H33FN4O2. The Morgan fingerprint density at radius 2 is 1.71 bits per heavy atom. The van der Waals surface area contributed by atoms with E-state index < -0.39 is 0 Å². The summed E-state index contributed by atoms with van der Waals surface area (Å²) in [6, 6.07) is 23.7. The standard InChI is InChI=1S/C31H33FN4O2/c1-3-38-31(37)36-17-15-27(16-18-36)35(2)30(26-20-33-34-21-26)25-13-14-29(32)28(19-25)24-11-9-23(10-12-24)22-7-5-4-6-8-22/h4-14,19-21,27,30H,3,15-18H2,1-2H3,(H,33,34). The van der Waals surface area contributed by atoms with Crippen molar-refractivity contribution < 1.29 is 13.9 Å². The lowest BCUT2D eigenvalue weighted by molar-refractivity contribution is 0.0745. The summed E-state index contributed by atoms with van der Waals surface area (Å²) in [4.78, 5) is 16.3. The first kappa shape index (κ1) is 25.7. The Kier molecular flexibility index (Phi) is 7.84. The van der Waals surface area contributed by atoms with E-state index in [-0.39, 0.29) is 24.0 Å². The summed E-state index contributed by atoms with van der Waals surface area (Å²) in [7, 11) is 2.10.